The predicted molar refractivity (Wildman–Crippen MR) is 96.2 cm³/mol. The molecular weight excluding hydrogens is 320 g/mol. The van der Waals surface area contributed by atoms with E-state index in [1.165, 1.54) is 24.3 Å². The van der Waals surface area contributed by atoms with E-state index in [2.05, 4.69) is 26.8 Å². The molecule has 5 heteroatoms. The van der Waals surface area contributed by atoms with Crippen LogP contribution in [0.5, 0.6) is 17.2 Å². The van der Waals surface area contributed by atoms with Crippen LogP contribution in [0.25, 0.3) is 0 Å². The molecule has 0 saturated carbocycles. The van der Waals surface area contributed by atoms with Gasteiger partial charge in [0, 0.05) is 0 Å². The number of para-hydroxylation sites is 1. The summed E-state index contributed by atoms with van der Waals surface area (Å²) in [4.78, 5) is 11.3. The number of carbonyl (C=O) groups is 1. The second kappa shape index (κ2) is 8.42. The molecule has 0 bridgehead atoms. The van der Waals surface area contributed by atoms with Crippen molar-refractivity contribution < 1.29 is 24.1 Å². The lowest BCUT2D eigenvalue weighted by Crippen LogP contribution is -2.12. The molecule has 25 heavy (non-hydrogen) atoms. The molecule has 0 fully saturated rings. The van der Waals surface area contributed by atoms with Crippen LogP contribution in [0.2, 0.25) is 0 Å². The number of carboxylic acid groups (broad SMARTS) is 1. The van der Waals surface area contributed by atoms with Gasteiger partial charge in [-0.1, -0.05) is 26.0 Å². The Labute approximate surface area is 148 Å². The van der Waals surface area contributed by atoms with Gasteiger partial charge < -0.3 is 19.3 Å². The van der Waals surface area contributed by atoms with E-state index in [4.69, 9.17) is 14.2 Å². The molecule has 0 radical (unpaired) electrons. The summed E-state index contributed by atoms with van der Waals surface area (Å²) >= 11 is 0. The average Bonchev–Trinajstić information content (AvgIpc) is 2.58. The Morgan fingerprint density at radius 1 is 1.12 bits per heavy atom. The summed E-state index contributed by atoms with van der Waals surface area (Å²) in [5, 5.41) is 9.25. The minimum absolute atomic E-state index is 0.0662. The molecule has 5 nitrogen and oxygen atoms in total. The third kappa shape index (κ3) is 4.66. The molecule has 0 saturated heterocycles. The van der Waals surface area contributed by atoms with Gasteiger partial charge in [0.25, 0.3) is 0 Å². The van der Waals surface area contributed by atoms with Gasteiger partial charge in [-0.25, -0.2) is 4.79 Å². The van der Waals surface area contributed by atoms with E-state index in [9.17, 15) is 9.90 Å². The second-order valence-electron chi connectivity index (χ2n) is 6.01. The largest absolute Gasteiger partial charge is 0.493 e. The first-order chi connectivity index (χ1) is 11.9. The molecular formula is C20H24O5. The molecule has 0 aliphatic carbocycles. The summed E-state index contributed by atoms with van der Waals surface area (Å²) in [6.07, 6.45) is 0. The summed E-state index contributed by atoms with van der Waals surface area (Å²) in [5.41, 5.74) is 2.55. The van der Waals surface area contributed by atoms with Crippen molar-refractivity contribution in [3.05, 3.63) is 53.1 Å². The van der Waals surface area contributed by atoms with Gasteiger partial charge in [0.1, 0.15) is 24.5 Å². The highest BCUT2D eigenvalue weighted by Crippen LogP contribution is 2.31. The van der Waals surface area contributed by atoms with Crippen LogP contribution in [-0.2, 0) is 0 Å². The first kappa shape index (κ1) is 18.6. The quantitative estimate of drug-likeness (QED) is 0.724. The lowest BCUT2D eigenvalue weighted by Gasteiger charge is -2.15. The lowest BCUT2D eigenvalue weighted by atomic mass is 9.98. The van der Waals surface area contributed by atoms with Crippen LogP contribution in [-0.4, -0.2) is 31.4 Å². The third-order valence-corrected chi connectivity index (χ3v) is 3.89. The van der Waals surface area contributed by atoms with Crippen molar-refractivity contribution in [2.75, 3.05) is 20.3 Å². The summed E-state index contributed by atoms with van der Waals surface area (Å²) in [6.45, 7) is 6.89. The maximum atomic E-state index is 11.3. The standard InChI is InChI=1S/C20H24O5/c1-13(2)16-9-8-15(12-14(16)3)24-10-11-25-19-17(20(21)22)6-5-7-18(19)23-4/h5-9,12-13H,10-11H2,1-4H3,(H,21,22). The lowest BCUT2D eigenvalue weighted by molar-refractivity contribution is 0.0690. The normalized spacial score (nSPS) is 10.6. The first-order valence-corrected chi connectivity index (χ1v) is 8.20. The summed E-state index contributed by atoms with van der Waals surface area (Å²) in [7, 11) is 1.48. The van der Waals surface area contributed by atoms with Crippen LogP contribution in [0, 0.1) is 6.92 Å². The Balaban J connectivity index is 1.98. The maximum absolute atomic E-state index is 11.3. The zero-order valence-corrected chi connectivity index (χ0v) is 15.0. The fourth-order valence-electron chi connectivity index (χ4n) is 2.68. The topological polar surface area (TPSA) is 65.0 Å². The van der Waals surface area contributed by atoms with Crippen molar-refractivity contribution in [3.63, 3.8) is 0 Å². The van der Waals surface area contributed by atoms with Crippen LogP contribution in [0.15, 0.2) is 36.4 Å². The van der Waals surface area contributed by atoms with Gasteiger partial charge in [-0.3, -0.25) is 0 Å². The van der Waals surface area contributed by atoms with Crippen molar-refractivity contribution in [1.29, 1.82) is 0 Å². The van der Waals surface area contributed by atoms with Gasteiger partial charge in [0.15, 0.2) is 11.5 Å². The zero-order chi connectivity index (χ0) is 18.4. The van der Waals surface area contributed by atoms with E-state index < -0.39 is 5.97 Å². The molecule has 1 N–H and O–H groups in total. The number of aryl methyl sites for hydroxylation is 1. The number of benzene rings is 2. The summed E-state index contributed by atoms with van der Waals surface area (Å²) < 4.78 is 16.5. The summed E-state index contributed by atoms with van der Waals surface area (Å²) in [5.74, 6) is 0.778. The van der Waals surface area contributed by atoms with Gasteiger partial charge in [-0.15, -0.1) is 0 Å². The van der Waals surface area contributed by atoms with E-state index in [1.807, 2.05) is 12.1 Å². The number of aromatic carboxylic acids is 1. The molecule has 0 spiro atoms. The van der Waals surface area contributed by atoms with Crippen LogP contribution in [0.3, 0.4) is 0 Å². The predicted octanol–water partition coefficient (Wildman–Crippen LogP) is 4.28. The molecule has 2 aromatic rings. The Bertz CT molecular complexity index is 737. The van der Waals surface area contributed by atoms with Gasteiger partial charge >= 0.3 is 5.97 Å². The van der Waals surface area contributed by atoms with Crippen molar-refractivity contribution in [2.45, 2.75) is 26.7 Å². The minimum atomic E-state index is -1.06. The van der Waals surface area contributed by atoms with Crippen LogP contribution in [0.4, 0.5) is 0 Å². The number of rotatable bonds is 8. The van der Waals surface area contributed by atoms with Gasteiger partial charge in [0.2, 0.25) is 0 Å². The molecule has 0 amide bonds. The average molecular weight is 344 g/mol. The minimum Gasteiger partial charge on any atom is -0.493 e. The van der Waals surface area contributed by atoms with Crippen molar-refractivity contribution in [3.8, 4) is 17.2 Å². The summed E-state index contributed by atoms with van der Waals surface area (Å²) in [6, 6.07) is 10.8. The van der Waals surface area contributed by atoms with Gasteiger partial charge in [0.05, 0.1) is 7.11 Å². The number of hydrogen-bond donors (Lipinski definition) is 1. The third-order valence-electron chi connectivity index (χ3n) is 3.89. The van der Waals surface area contributed by atoms with Crippen molar-refractivity contribution >= 4 is 5.97 Å². The smallest absolute Gasteiger partial charge is 0.339 e. The Kier molecular flexibility index (Phi) is 6.28. The molecule has 134 valence electrons. The van der Waals surface area contributed by atoms with Crippen molar-refractivity contribution in [1.82, 2.24) is 0 Å². The number of carboxylic acids is 1. The van der Waals surface area contributed by atoms with E-state index >= 15 is 0 Å². The molecule has 0 atom stereocenters. The highest BCUT2D eigenvalue weighted by Gasteiger charge is 2.16. The van der Waals surface area contributed by atoms with E-state index in [0.29, 0.717) is 18.3 Å². The molecule has 0 heterocycles. The molecule has 0 aliphatic heterocycles. The fourth-order valence-corrected chi connectivity index (χ4v) is 2.68. The van der Waals surface area contributed by atoms with Crippen LogP contribution >= 0.6 is 0 Å². The monoisotopic (exact) mass is 344 g/mol. The second-order valence-corrected chi connectivity index (χ2v) is 6.01. The highest BCUT2D eigenvalue weighted by molar-refractivity contribution is 5.92. The molecule has 0 unspecified atom stereocenters. The fraction of sp³-hybridized carbons (Fsp3) is 0.350. The zero-order valence-electron chi connectivity index (χ0n) is 15.0. The van der Waals surface area contributed by atoms with Crippen LogP contribution < -0.4 is 14.2 Å². The Hall–Kier alpha value is -2.69. The maximum Gasteiger partial charge on any atom is 0.339 e. The number of ether oxygens (including phenoxy) is 3. The van der Waals surface area contributed by atoms with Gasteiger partial charge in [-0.2, -0.15) is 0 Å². The number of methoxy groups -OCH3 is 1. The molecule has 2 aromatic carbocycles. The SMILES string of the molecule is COc1cccc(C(=O)O)c1OCCOc1ccc(C(C)C)c(C)c1. The highest BCUT2D eigenvalue weighted by atomic mass is 16.5. The van der Waals surface area contributed by atoms with E-state index in [1.54, 1.807) is 12.1 Å². The molecule has 0 aliphatic rings. The van der Waals surface area contributed by atoms with Crippen molar-refractivity contribution in [2.24, 2.45) is 0 Å². The van der Waals surface area contributed by atoms with Crippen LogP contribution in [0.1, 0.15) is 41.3 Å². The first-order valence-electron chi connectivity index (χ1n) is 8.20. The molecule has 0 aromatic heterocycles. The molecule has 2 rings (SSSR count). The van der Waals surface area contributed by atoms with E-state index in [-0.39, 0.29) is 17.9 Å². The van der Waals surface area contributed by atoms with Gasteiger partial charge in [-0.05, 0) is 48.2 Å². The Morgan fingerprint density at radius 2 is 1.84 bits per heavy atom. The number of hydrogen-bond acceptors (Lipinski definition) is 4. The van der Waals surface area contributed by atoms with E-state index in [0.717, 1.165) is 5.75 Å². The Morgan fingerprint density at radius 3 is 2.44 bits per heavy atom.